The quantitative estimate of drug-likeness (QED) is 0.851. The van der Waals surface area contributed by atoms with E-state index >= 15 is 0 Å². The fourth-order valence-electron chi connectivity index (χ4n) is 2.64. The highest BCUT2D eigenvalue weighted by molar-refractivity contribution is 6.30. The number of benzene rings is 1. The molecule has 1 aliphatic heterocycles. The van der Waals surface area contributed by atoms with Gasteiger partial charge in [-0.3, -0.25) is 4.79 Å². The summed E-state index contributed by atoms with van der Waals surface area (Å²) in [6, 6.07) is 3.49. The van der Waals surface area contributed by atoms with E-state index in [0.29, 0.717) is 22.9 Å². The van der Waals surface area contributed by atoms with E-state index in [1.165, 1.54) is 0 Å². The molecule has 3 atom stereocenters. The van der Waals surface area contributed by atoms with E-state index in [2.05, 4.69) is 0 Å². The number of esters is 1. The van der Waals surface area contributed by atoms with Gasteiger partial charge in [-0.05, 0) is 19.1 Å². The molecular formula is C13H13ClO4. The zero-order chi connectivity index (χ0) is 12.9. The minimum atomic E-state index is -0.220. The third kappa shape index (κ3) is 1.60. The first-order valence-corrected chi connectivity index (χ1v) is 6.31. The van der Waals surface area contributed by atoms with Crippen LogP contribution >= 0.6 is 11.6 Å². The van der Waals surface area contributed by atoms with Gasteiger partial charge < -0.3 is 14.6 Å². The molecule has 0 radical (unpaired) electrons. The molecule has 1 heterocycles. The number of carbonyl (C=O) groups is 1. The van der Waals surface area contributed by atoms with Crippen LogP contribution in [0.2, 0.25) is 5.02 Å². The minimum Gasteiger partial charge on any atom is -0.488 e. The molecule has 0 amide bonds. The number of halogens is 1. The van der Waals surface area contributed by atoms with Gasteiger partial charge in [0, 0.05) is 22.1 Å². The maximum atomic E-state index is 11.7. The van der Waals surface area contributed by atoms with Crippen molar-refractivity contribution in [3.63, 3.8) is 0 Å². The van der Waals surface area contributed by atoms with E-state index in [1.807, 2.05) is 0 Å². The summed E-state index contributed by atoms with van der Waals surface area (Å²) in [5.41, 5.74) is 1.59. The highest BCUT2D eigenvalue weighted by atomic mass is 35.5. The lowest BCUT2D eigenvalue weighted by atomic mass is 10.0. The zero-order valence-corrected chi connectivity index (χ0v) is 10.6. The van der Waals surface area contributed by atoms with Crippen molar-refractivity contribution in [1.82, 2.24) is 0 Å². The lowest BCUT2D eigenvalue weighted by Crippen LogP contribution is -2.13. The first-order chi connectivity index (χ1) is 8.67. The highest BCUT2D eigenvalue weighted by Crippen LogP contribution is 2.60. The first kappa shape index (κ1) is 11.8. The molecule has 1 fully saturated rings. The summed E-state index contributed by atoms with van der Waals surface area (Å²) in [5.74, 6) is 0.270. The summed E-state index contributed by atoms with van der Waals surface area (Å²) in [6.45, 7) is 2.04. The second-order valence-corrected chi connectivity index (χ2v) is 4.96. The summed E-state index contributed by atoms with van der Waals surface area (Å²) in [7, 11) is 0. The average Bonchev–Trinajstić information content (AvgIpc) is 2.94. The predicted molar refractivity (Wildman–Crippen MR) is 64.7 cm³/mol. The van der Waals surface area contributed by atoms with Gasteiger partial charge >= 0.3 is 5.97 Å². The van der Waals surface area contributed by atoms with E-state index in [4.69, 9.17) is 21.1 Å². The zero-order valence-electron chi connectivity index (χ0n) is 9.85. The van der Waals surface area contributed by atoms with Crippen molar-refractivity contribution in [1.29, 1.82) is 0 Å². The van der Waals surface area contributed by atoms with Crippen LogP contribution in [-0.4, -0.2) is 23.8 Å². The fourth-order valence-corrected chi connectivity index (χ4v) is 2.89. The topological polar surface area (TPSA) is 55.8 Å². The Balaban J connectivity index is 1.89. The van der Waals surface area contributed by atoms with Crippen LogP contribution in [0.3, 0.4) is 0 Å². The van der Waals surface area contributed by atoms with Crippen molar-refractivity contribution < 1.29 is 19.4 Å². The van der Waals surface area contributed by atoms with E-state index in [-0.39, 0.29) is 30.5 Å². The standard InChI is InChI=1S/C13H13ClO4/c1-2-17-13(16)10-9-8-4-7(14)3-6(5-15)11(8)18-12(9)10/h3-4,9-10,12,15H,2,5H2,1H3/t9-,10-,12-/m0/s1. The van der Waals surface area contributed by atoms with E-state index in [0.717, 1.165) is 5.56 Å². The Morgan fingerprint density at radius 2 is 2.33 bits per heavy atom. The molecule has 0 aromatic heterocycles. The molecule has 5 heteroatoms. The van der Waals surface area contributed by atoms with Crippen LogP contribution in [0.4, 0.5) is 0 Å². The molecule has 4 nitrogen and oxygen atoms in total. The molecule has 96 valence electrons. The van der Waals surface area contributed by atoms with Gasteiger partial charge in [-0.1, -0.05) is 11.6 Å². The lowest BCUT2D eigenvalue weighted by Gasteiger charge is -2.12. The number of hydrogen-bond acceptors (Lipinski definition) is 4. The van der Waals surface area contributed by atoms with Crippen LogP contribution in [0.1, 0.15) is 24.0 Å². The normalized spacial score (nSPS) is 27.2. The molecular weight excluding hydrogens is 256 g/mol. The van der Waals surface area contributed by atoms with Crippen LogP contribution in [-0.2, 0) is 16.1 Å². The smallest absolute Gasteiger partial charge is 0.313 e. The van der Waals surface area contributed by atoms with Crippen molar-refractivity contribution in [3.05, 3.63) is 28.3 Å². The van der Waals surface area contributed by atoms with Crippen molar-refractivity contribution in [3.8, 4) is 5.75 Å². The second kappa shape index (κ2) is 4.14. The van der Waals surface area contributed by atoms with Crippen LogP contribution in [0.15, 0.2) is 12.1 Å². The number of aliphatic hydroxyl groups is 1. The van der Waals surface area contributed by atoms with Crippen LogP contribution in [0.25, 0.3) is 0 Å². The third-order valence-electron chi connectivity index (χ3n) is 3.46. The third-order valence-corrected chi connectivity index (χ3v) is 3.67. The summed E-state index contributed by atoms with van der Waals surface area (Å²) in [6.07, 6.45) is -0.150. The molecule has 1 aromatic rings. The van der Waals surface area contributed by atoms with Crippen molar-refractivity contribution in [2.75, 3.05) is 6.61 Å². The Labute approximate surface area is 109 Å². The van der Waals surface area contributed by atoms with E-state index < -0.39 is 0 Å². The second-order valence-electron chi connectivity index (χ2n) is 4.53. The first-order valence-electron chi connectivity index (χ1n) is 5.93. The van der Waals surface area contributed by atoms with Crippen LogP contribution in [0.5, 0.6) is 5.75 Å². The molecule has 1 N–H and O–H groups in total. The fraction of sp³-hybridized carbons (Fsp3) is 0.462. The molecule has 0 spiro atoms. The Hall–Kier alpha value is -1.26. The molecule has 3 rings (SSSR count). The molecule has 1 aliphatic carbocycles. The SMILES string of the molecule is CCOC(=O)[C@@H]1[C@H]2Oc3c(CO)cc(Cl)cc3[C@H]21. The molecule has 0 bridgehead atoms. The number of hydrogen-bond donors (Lipinski definition) is 1. The maximum absolute atomic E-state index is 11.7. The summed E-state index contributed by atoms with van der Waals surface area (Å²) in [4.78, 5) is 11.7. The highest BCUT2D eigenvalue weighted by Gasteiger charge is 2.63. The lowest BCUT2D eigenvalue weighted by molar-refractivity contribution is -0.145. The van der Waals surface area contributed by atoms with Gasteiger partial charge in [-0.2, -0.15) is 0 Å². The Morgan fingerprint density at radius 1 is 1.56 bits per heavy atom. The van der Waals surface area contributed by atoms with Gasteiger partial charge in [-0.25, -0.2) is 0 Å². The summed E-state index contributed by atoms with van der Waals surface area (Å²) < 4.78 is 10.7. The molecule has 1 saturated carbocycles. The number of fused-ring (bicyclic) bond motifs is 3. The summed E-state index contributed by atoms with van der Waals surface area (Å²) >= 11 is 6.00. The Morgan fingerprint density at radius 3 is 3.00 bits per heavy atom. The monoisotopic (exact) mass is 268 g/mol. The van der Waals surface area contributed by atoms with Crippen LogP contribution < -0.4 is 4.74 Å². The van der Waals surface area contributed by atoms with Gasteiger partial charge in [0.1, 0.15) is 17.8 Å². The molecule has 18 heavy (non-hydrogen) atoms. The van der Waals surface area contributed by atoms with Gasteiger partial charge in [-0.15, -0.1) is 0 Å². The number of ether oxygens (including phenoxy) is 2. The van der Waals surface area contributed by atoms with Crippen LogP contribution in [0, 0.1) is 5.92 Å². The van der Waals surface area contributed by atoms with Crippen molar-refractivity contribution >= 4 is 17.6 Å². The molecule has 2 aliphatic rings. The molecule has 0 unspecified atom stereocenters. The van der Waals surface area contributed by atoms with Gasteiger partial charge in [0.15, 0.2) is 0 Å². The van der Waals surface area contributed by atoms with Crippen molar-refractivity contribution in [2.24, 2.45) is 5.92 Å². The average molecular weight is 269 g/mol. The molecule has 1 aromatic carbocycles. The number of carbonyl (C=O) groups excluding carboxylic acids is 1. The maximum Gasteiger partial charge on any atom is 0.313 e. The van der Waals surface area contributed by atoms with Gasteiger partial charge in [0.2, 0.25) is 0 Å². The largest absolute Gasteiger partial charge is 0.488 e. The predicted octanol–water partition coefficient (Wildman–Crippen LogP) is 1.87. The van der Waals surface area contributed by atoms with Crippen molar-refractivity contribution in [2.45, 2.75) is 25.6 Å². The number of aliphatic hydroxyl groups excluding tert-OH is 1. The van der Waals surface area contributed by atoms with E-state index in [1.54, 1.807) is 19.1 Å². The number of rotatable bonds is 3. The Kier molecular flexibility index (Phi) is 2.72. The van der Waals surface area contributed by atoms with Gasteiger partial charge in [0.05, 0.1) is 13.2 Å². The Bertz CT molecular complexity index is 514. The molecule has 0 saturated heterocycles. The van der Waals surface area contributed by atoms with Gasteiger partial charge in [0.25, 0.3) is 0 Å². The minimum absolute atomic E-state index is 0.0306. The summed E-state index contributed by atoms with van der Waals surface area (Å²) in [5, 5.41) is 9.81. The van der Waals surface area contributed by atoms with E-state index in [9.17, 15) is 9.90 Å².